The first-order chi connectivity index (χ1) is 11.6. The number of piperidine rings is 1. The summed E-state index contributed by atoms with van der Waals surface area (Å²) < 4.78 is 5.44. The van der Waals surface area contributed by atoms with Crippen molar-refractivity contribution in [2.45, 2.75) is 57.8 Å². The summed E-state index contributed by atoms with van der Waals surface area (Å²) in [6.07, 6.45) is 4.97. The number of likely N-dealkylation sites (tertiary alicyclic amines) is 1. The number of hydrogen-bond acceptors (Lipinski definition) is 5. The SMILES string of the molecule is CC(C)c1noc(C2CCCN(C(=O)c3n[nH]c4c3CCC4)C2)n1. The molecular formula is C17H23N5O2. The summed E-state index contributed by atoms with van der Waals surface area (Å²) in [6.45, 7) is 5.48. The third-order valence-electron chi connectivity index (χ3n) is 5.04. The predicted molar refractivity (Wildman–Crippen MR) is 86.9 cm³/mol. The summed E-state index contributed by atoms with van der Waals surface area (Å²) in [6, 6.07) is 0. The summed E-state index contributed by atoms with van der Waals surface area (Å²) in [5, 5.41) is 11.3. The molecule has 24 heavy (non-hydrogen) atoms. The highest BCUT2D eigenvalue weighted by Gasteiger charge is 2.32. The molecule has 4 rings (SSSR count). The average Bonchev–Trinajstić information content (AvgIpc) is 3.30. The van der Waals surface area contributed by atoms with Crippen molar-refractivity contribution < 1.29 is 9.32 Å². The highest BCUT2D eigenvalue weighted by atomic mass is 16.5. The molecule has 1 unspecified atom stereocenters. The van der Waals surface area contributed by atoms with E-state index in [0.29, 0.717) is 18.1 Å². The smallest absolute Gasteiger partial charge is 0.274 e. The second-order valence-electron chi connectivity index (χ2n) is 7.12. The Balaban J connectivity index is 1.50. The zero-order valence-electron chi connectivity index (χ0n) is 14.2. The fraction of sp³-hybridized carbons (Fsp3) is 0.647. The van der Waals surface area contributed by atoms with Gasteiger partial charge in [-0.1, -0.05) is 19.0 Å². The largest absolute Gasteiger partial charge is 0.339 e. The van der Waals surface area contributed by atoms with Crippen LogP contribution in [0, 0.1) is 0 Å². The highest BCUT2D eigenvalue weighted by molar-refractivity contribution is 5.94. The number of aryl methyl sites for hydroxylation is 1. The summed E-state index contributed by atoms with van der Waals surface area (Å²) >= 11 is 0. The Morgan fingerprint density at radius 1 is 1.33 bits per heavy atom. The number of nitrogens with one attached hydrogen (secondary N) is 1. The van der Waals surface area contributed by atoms with Gasteiger partial charge in [0.1, 0.15) is 0 Å². The van der Waals surface area contributed by atoms with Crippen LogP contribution < -0.4 is 0 Å². The Labute approximate surface area is 140 Å². The Morgan fingerprint density at radius 3 is 3.00 bits per heavy atom. The van der Waals surface area contributed by atoms with E-state index in [0.717, 1.165) is 55.7 Å². The Bertz CT molecular complexity index is 748. The van der Waals surface area contributed by atoms with Crippen LogP contribution in [0.25, 0.3) is 0 Å². The third-order valence-corrected chi connectivity index (χ3v) is 5.04. The molecule has 0 radical (unpaired) electrons. The Hall–Kier alpha value is -2.18. The molecule has 1 aliphatic carbocycles. The van der Waals surface area contributed by atoms with E-state index in [9.17, 15) is 4.79 Å². The fourth-order valence-corrected chi connectivity index (χ4v) is 3.66. The van der Waals surface area contributed by atoms with E-state index in [-0.39, 0.29) is 17.7 Å². The number of rotatable bonds is 3. The molecule has 1 fully saturated rings. The van der Waals surface area contributed by atoms with Crippen LogP contribution in [0.2, 0.25) is 0 Å². The van der Waals surface area contributed by atoms with Gasteiger partial charge in [0.2, 0.25) is 5.89 Å². The molecule has 7 nitrogen and oxygen atoms in total. The number of nitrogens with zero attached hydrogens (tertiary/aromatic N) is 4. The van der Waals surface area contributed by atoms with Gasteiger partial charge in [-0.25, -0.2) is 0 Å². The number of aromatic nitrogens is 4. The van der Waals surface area contributed by atoms with E-state index in [1.54, 1.807) is 0 Å². The van der Waals surface area contributed by atoms with Crippen molar-refractivity contribution in [2.24, 2.45) is 0 Å². The number of carbonyl (C=O) groups is 1. The van der Waals surface area contributed by atoms with Gasteiger partial charge in [-0.15, -0.1) is 0 Å². The maximum absolute atomic E-state index is 12.9. The number of H-pyrrole nitrogens is 1. The second kappa shape index (κ2) is 6.03. The van der Waals surface area contributed by atoms with Gasteiger partial charge in [-0.2, -0.15) is 10.1 Å². The van der Waals surface area contributed by atoms with Crippen LogP contribution in [-0.4, -0.2) is 44.2 Å². The molecule has 2 aromatic heterocycles. The Morgan fingerprint density at radius 2 is 2.21 bits per heavy atom. The molecule has 0 spiro atoms. The molecule has 1 N–H and O–H groups in total. The topological polar surface area (TPSA) is 87.9 Å². The summed E-state index contributed by atoms with van der Waals surface area (Å²) in [4.78, 5) is 19.3. The Kier molecular flexibility index (Phi) is 3.86. The van der Waals surface area contributed by atoms with Crippen LogP contribution in [0.5, 0.6) is 0 Å². The first-order valence-electron chi connectivity index (χ1n) is 8.82. The van der Waals surface area contributed by atoms with Crippen molar-refractivity contribution in [3.05, 3.63) is 28.7 Å². The maximum Gasteiger partial charge on any atom is 0.274 e. The highest BCUT2D eigenvalue weighted by Crippen LogP contribution is 2.29. The minimum Gasteiger partial charge on any atom is -0.339 e. The molecule has 1 amide bonds. The molecule has 7 heteroatoms. The molecule has 0 saturated carbocycles. The van der Waals surface area contributed by atoms with Crippen LogP contribution in [0.15, 0.2) is 4.52 Å². The molecule has 1 saturated heterocycles. The normalized spacial score (nSPS) is 20.6. The van der Waals surface area contributed by atoms with Crippen molar-refractivity contribution in [1.82, 2.24) is 25.2 Å². The van der Waals surface area contributed by atoms with Crippen molar-refractivity contribution in [1.29, 1.82) is 0 Å². The molecule has 2 aliphatic rings. The number of fused-ring (bicyclic) bond motifs is 1. The lowest BCUT2D eigenvalue weighted by Crippen LogP contribution is -2.39. The predicted octanol–water partition coefficient (Wildman–Crippen LogP) is 2.42. The van der Waals surface area contributed by atoms with Gasteiger partial charge in [0.25, 0.3) is 5.91 Å². The van der Waals surface area contributed by atoms with Crippen molar-refractivity contribution in [2.75, 3.05) is 13.1 Å². The number of aromatic amines is 1. The number of amides is 1. The van der Waals surface area contributed by atoms with E-state index < -0.39 is 0 Å². The number of hydrogen-bond donors (Lipinski definition) is 1. The van der Waals surface area contributed by atoms with E-state index in [4.69, 9.17) is 4.52 Å². The van der Waals surface area contributed by atoms with Crippen molar-refractivity contribution in [3.63, 3.8) is 0 Å². The maximum atomic E-state index is 12.9. The minimum atomic E-state index is 0.0303. The monoisotopic (exact) mass is 329 g/mol. The molecule has 1 atom stereocenters. The zero-order chi connectivity index (χ0) is 16.7. The van der Waals surface area contributed by atoms with Gasteiger partial charge in [0, 0.05) is 30.3 Å². The van der Waals surface area contributed by atoms with Crippen LogP contribution in [0.4, 0.5) is 0 Å². The molecule has 0 aromatic carbocycles. The molecule has 0 bridgehead atoms. The van der Waals surface area contributed by atoms with Crippen molar-refractivity contribution in [3.8, 4) is 0 Å². The van der Waals surface area contributed by atoms with E-state index in [2.05, 4.69) is 20.3 Å². The molecule has 1 aliphatic heterocycles. The van der Waals surface area contributed by atoms with Gasteiger partial charge in [0.15, 0.2) is 11.5 Å². The first-order valence-corrected chi connectivity index (χ1v) is 8.82. The van der Waals surface area contributed by atoms with Gasteiger partial charge in [0.05, 0.1) is 5.92 Å². The van der Waals surface area contributed by atoms with Gasteiger partial charge < -0.3 is 9.42 Å². The van der Waals surface area contributed by atoms with Crippen LogP contribution in [-0.2, 0) is 12.8 Å². The lowest BCUT2D eigenvalue weighted by atomic mass is 9.97. The fourth-order valence-electron chi connectivity index (χ4n) is 3.66. The van der Waals surface area contributed by atoms with E-state index in [1.807, 2.05) is 18.7 Å². The minimum absolute atomic E-state index is 0.0303. The average molecular weight is 329 g/mol. The summed E-state index contributed by atoms with van der Waals surface area (Å²) in [7, 11) is 0. The van der Waals surface area contributed by atoms with Crippen LogP contribution in [0.3, 0.4) is 0 Å². The number of carbonyl (C=O) groups excluding carboxylic acids is 1. The van der Waals surface area contributed by atoms with Gasteiger partial charge >= 0.3 is 0 Å². The molecule has 3 heterocycles. The summed E-state index contributed by atoms with van der Waals surface area (Å²) in [5.74, 6) is 1.79. The zero-order valence-corrected chi connectivity index (χ0v) is 14.2. The summed E-state index contributed by atoms with van der Waals surface area (Å²) in [5.41, 5.74) is 2.85. The van der Waals surface area contributed by atoms with Gasteiger partial charge in [-0.05, 0) is 32.1 Å². The standard InChI is InChI=1S/C17H23N5O2/c1-10(2)15-18-16(24-21-15)11-5-4-8-22(9-11)17(23)14-12-6-3-7-13(12)19-20-14/h10-11H,3-9H2,1-2H3,(H,19,20). The van der Waals surface area contributed by atoms with Crippen LogP contribution in [0.1, 0.15) is 78.4 Å². The molecule has 128 valence electrons. The molecular weight excluding hydrogens is 306 g/mol. The second-order valence-corrected chi connectivity index (χ2v) is 7.12. The molecule has 2 aromatic rings. The first kappa shape index (κ1) is 15.4. The third kappa shape index (κ3) is 2.61. The quantitative estimate of drug-likeness (QED) is 0.934. The van der Waals surface area contributed by atoms with E-state index in [1.165, 1.54) is 0 Å². The van der Waals surface area contributed by atoms with Gasteiger partial charge in [-0.3, -0.25) is 9.89 Å². The van der Waals surface area contributed by atoms with Crippen molar-refractivity contribution >= 4 is 5.91 Å². The lowest BCUT2D eigenvalue weighted by Gasteiger charge is -2.30. The van der Waals surface area contributed by atoms with E-state index >= 15 is 0 Å². The van der Waals surface area contributed by atoms with Crippen LogP contribution >= 0.6 is 0 Å². The lowest BCUT2D eigenvalue weighted by molar-refractivity contribution is 0.0688.